The molecular formula is C28H31ClN4O6S. The van der Waals surface area contributed by atoms with Crippen molar-refractivity contribution in [3.05, 3.63) is 71.6 Å². The summed E-state index contributed by atoms with van der Waals surface area (Å²) < 4.78 is 32.7. The van der Waals surface area contributed by atoms with Crippen molar-refractivity contribution in [3.63, 3.8) is 0 Å². The van der Waals surface area contributed by atoms with Crippen LogP contribution in [0.2, 0.25) is 5.02 Å². The Kier molecular flexibility index (Phi) is 9.39. The zero-order valence-electron chi connectivity index (χ0n) is 22.2. The maximum absolute atomic E-state index is 13.3. The molecule has 10 nitrogen and oxygen atoms in total. The minimum absolute atomic E-state index is 0.0346. The first-order valence-corrected chi connectivity index (χ1v) is 14.8. The van der Waals surface area contributed by atoms with E-state index in [4.69, 9.17) is 16.0 Å². The molecule has 0 saturated carbocycles. The third-order valence-electron chi connectivity index (χ3n) is 6.47. The molecule has 0 spiro atoms. The molecule has 12 heteroatoms. The van der Waals surface area contributed by atoms with Gasteiger partial charge in [0.25, 0.3) is 15.9 Å². The number of Topliss-reactive ketones (excluding diaryl/α,β-unsaturated/α-hetero) is 1. The smallest absolute Gasteiger partial charge is 0.287 e. The van der Waals surface area contributed by atoms with E-state index in [0.717, 1.165) is 9.87 Å². The molecule has 2 atom stereocenters. The van der Waals surface area contributed by atoms with Gasteiger partial charge in [-0.15, -0.1) is 0 Å². The van der Waals surface area contributed by atoms with Crippen LogP contribution < -0.4 is 10.6 Å². The number of furan rings is 1. The quantitative estimate of drug-likeness (QED) is 0.390. The molecule has 1 unspecified atom stereocenters. The minimum Gasteiger partial charge on any atom is -0.451 e. The zero-order chi connectivity index (χ0) is 28.9. The average Bonchev–Trinajstić information content (AvgIpc) is 3.35. The fourth-order valence-corrected chi connectivity index (χ4v) is 5.92. The second kappa shape index (κ2) is 12.8. The lowest BCUT2D eigenvalue weighted by Gasteiger charge is -2.23. The van der Waals surface area contributed by atoms with Gasteiger partial charge in [0, 0.05) is 23.3 Å². The first-order valence-electron chi connectivity index (χ1n) is 13.0. The molecule has 0 aliphatic carbocycles. The van der Waals surface area contributed by atoms with Gasteiger partial charge in [0.1, 0.15) is 11.8 Å². The van der Waals surface area contributed by atoms with E-state index in [1.54, 1.807) is 42.5 Å². The van der Waals surface area contributed by atoms with Crippen molar-refractivity contribution in [1.29, 1.82) is 0 Å². The van der Waals surface area contributed by atoms with E-state index in [1.165, 1.54) is 18.3 Å². The van der Waals surface area contributed by atoms with Crippen LogP contribution in [-0.2, 0) is 19.6 Å². The summed E-state index contributed by atoms with van der Waals surface area (Å²) in [4.78, 5) is 43.2. The number of nitrogens with one attached hydrogen (secondary N) is 2. The van der Waals surface area contributed by atoms with Gasteiger partial charge >= 0.3 is 0 Å². The molecule has 2 N–H and O–H groups in total. The van der Waals surface area contributed by atoms with Crippen LogP contribution >= 0.6 is 11.6 Å². The van der Waals surface area contributed by atoms with Gasteiger partial charge in [0.05, 0.1) is 12.6 Å². The van der Waals surface area contributed by atoms with Crippen molar-refractivity contribution >= 4 is 39.2 Å². The molecular weight excluding hydrogens is 556 g/mol. The van der Waals surface area contributed by atoms with Crippen LogP contribution in [0.4, 0.5) is 0 Å². The molecule has 40 heavy (non-hydrogen) atoms. The SMILES string of the molecule is CC(C)CC(NC(=O)c1ccc(-c2ccc(Cl)cc2)o1)C(=O)N[C@H]1CCCN(S(=O)(=O)c2ccccn2)CC1=O. The predicted molar refractivity (Wildman–Crippen MR) is 149 cm³/mol. The van der Waals surface area contributed by atoms with Gasteiger partial charge in [-0.3, -0.25) is 14.4 Å². The molecule has 3 heterocycles. The number of rotatable bonds is 9. The van der Waals surface area contributed by atoms with E-state index in [0.29, 0.717) is 23.6 Å². The summed E-state index contributed by atoms with van der Waals surface area (Å²) in [6.07, 6.45) is 2.33. The molecule has 212 valence electrons. The maximum Gasteiger partial charge on any atom is 0.287 e. The van der Waals surface area contributed by atoms with Crippen molar-refractivity contribution in [3.8, 4) is 11.3 Å². The standard InChI is InChI=1S/C28H31ClN4O6S/c1-18(2)16-22(32-28(36)25-13-12-24(39-25)19-8-10-20(29)11-9-19)27(35)31-21-6-5-15-33(17-23(21)34)40(37,38)26-7-3-4-14-30-26/h3-4,7-14,18,21-22H,5-6,15-17H2,1-2H3,(H,31,35)(H,32,36)/t21-,22?/m0/s1. The summed E-state index contributed by atoms with van der Waals surface area (Å²) in [6.45, 7) is 3.56. The van der Waals surface area contributed by atoms with E-state index < -0.39 is 39.7 Å². The summed E-state index contributed by atoms with van der Waals surface area (Å²) in [5, 5.41) is 5.89. The predicted octanol–water partition coefficient (Wildman–Crippen LogP) is 3.68. The molecule has 0 bridgehead atoms. The number of hydrogen-bond acceptors (Lipinski definition) is 7. The molecule has 4 rings (SSSR count). The lowest BCUT2D eigenvalue weighted by atomic mass is 10.0. The van der Waals surface area contributed by atoms with Crippen molar-refractivity contribution in [1.82, 2.24) is 19.9 Å². The highest BCUT2D eigenvalue weighted by molar-refractivity contribution is 7.89. The molecule has 1 fully saturated rings. The Balaban J connectivity index is 1.42. The minimum atomic E-state index is -3.95. The highest BCUT2D eigenvalue weighted by Crippen LogP contribution is 2.24. The Labute approximate surface area is 238 Å². The lowest BCUT2D eigenvalue weighted by Crippen LogP contribution is -2.52. The second-order valence-electron chi connectivity index (χ2n) is 10.0. The zero-order valence-corrected chi connectivity index (χ0v) is 23.7. The Morgan fingerprint density at radius 3 is 2.55 bits per heavy atom. The summed E-state index contributed by atoms with van der Waals surface area (Å²) >= 11 is 5.94. The van der Waals surface area contributed by atoms with Gasteiger partial charge in [-0.05, 0) is 73.7 Å². The van der Waals surface area contributed by atoms with Crippen molar-refractivity contribution in [2.75, 3.05) is 13.1 Å². The van der Waals surface area contributed by atoms with Gasteiger partial charge in [0.15, 0.2) is 16.6 Å². The van der Waals surface area contributed by atoms with Gasteiger partial charge in [-0.25, -0.2) is 13.4 Å². The summed E-state index contributed by atoms with van der Waals surface area (Å²) in [7, 11) is -3.95. The Morgan fingerprint density at radius 1 is 1.12 bits per heavy atom. The van der Waals surface area contributed by atoms with E-state index in [-0.39, 0.29) is 36.2 Å². The Bertz CT molecular complexity index is 1460. The second-order valence-corrected chi connectivity index (χ2v) is 12.3. The monoisotopic (exact) mass is 586 g/mol. The van der Waals surface area contributed by atoms with Gasteiger partial charge < -0.3 is 15.1 Å². The van der Waals surface area contributed by atoms with Crippen LogP contribution in [-0.4, -0.2) is 60.5 Å². The summed E-state index contributed by atoms with van der Waals surface area (Å²) in [6, 6.07) is 12.9. The van der Waals surface area contributed by atoms with Crippen molar-refractivity contribution in [2.45, 2.75) is 50.2 Å². The maximum atomic E-state index is 13.3. The van der Waals surface area contributed by atoms with Crippen LogP contribution in [0.3, 0.4) is 0 Å². The molecule has 1 saturated heterocycles. The molecule has 1 aliphatic rings. The third kappa shape index (κ3) is 7.15. The Morgan fingerprint density at radius 2 is 1.88 bits per heavy atom. The number of hydrogen-bond donors (Lipinski definition) is 2. The summed E-state index contributed by atoms with van der Waals surface area (Å²) in [5.74, 6) is -0.958. The topological polar surface area (TPSA) is 139 Å². The number of halogens is 1. The number of pyridine rings is 1. The van der Waals surface area contributed by atoms with Crippen LogP contribution in [0, 0.1) is 5.92 Å². The van der Waals surface area contributed by atoms with Gasteiger partial charge in [-0.2, -0.15) is 4.31 Å². The van der Waals surface area contributed by atoms with Crippen LogP contribution in [0.15, 0.2) is 70.2 Å². The van der Waals surface area contributed by atoms with Gasteiger partial charge in [0.2, 0.25) is 5.91 Å². The first kappa shape index (κ1) is 29.4. The number of aromatic nitrogens is 1. The van der Waals surface area contributed by atoms with E-state index in [1.807, 2.05) is 13.8 Å². The molecule has 1 aliphatic heterocycles. The van der Waals surface area contributed by atoms with E-state index in [9.17, 15) is 22.8 Å². The fourth-order valence-electron chi connectivity index (χ4n) is 4.42. The highest BCUT2D eigenvalue weighted by atomic mass is 35.5. The number of amides is 2. The number of nitrogens with zero attached hydrogens (tertiary/aromatic N) is 2. The fraction of sp³-hybridized carbons (Fsp3) is 0.357. The Hall–Kier alpha value is -3.54. The molecule has 0 radical (unpaired) electrons. The van der Waals surface area contributed by atoms with Crippen LogP contribution in [0.25, 0.3) is 11.3 Å². The number of carbonyl (C=O) groups is 3. The molecule has 2 amide bonds. The van der Waals surface area contributed by atoms with E-state index in [2.05, 4.69) is 15.6 Å². The summed E-state index contributed by atoms with van der Waals surface area (Å²) in [5.41, 5.74) is 0.742. The third-order valence-corrected chi connectivity index (χ3v) is 8.48. The average molecular weight is 587 g/mol. The molecule has 3 aromatic rings. The van der Waals surface area contributed by atoms with E-state index >= 15 is 0 Å². The molecule has 2 aromatic heterocycles. The lowest BCUT2D eigenvalue weighted by molar-refractivity contribution is -0.129. The number of carbonyl (C=O) groups excluding carboxylic acids is 3. The number of benzene rings is 1. The van der Waals surface area contributed by atoms with Crippen molar-refractivity contribution in [2.24, 2.45) is 5.92 Å². The largest absolute Gasteiger partial charge is 0.451 e. The van der Waals surface area contributed by atoms with Crippen molar-refractivity contribution < 1.29 is 27.2 Å². The van der Waals surface area contributed by atoms with Crippen LogP contribution in [0.1, 0.15) is 43.7 Å². The van der Waals surface area contributed by atoms with Gasteiger partial charge in [-0.1, -0.05) is 31.5 Å². The molecule has 1 aromatic carbocycles. The first-order chi connectivity index (χ1) is 19.0. The number of sulfonamides is 1. The van der Waals surface area contributed by atoms with Crippen LogP contribution in [0.5, 0.6) is 0 Å². The number of ketones is 1. The highest BCUT2D eigenvalue weighted by Gasteiger charge is 2.35. The normalized spacial score (nSPS) is 17.3.